The van der Waals surface area contributed by atoms with E-state index in [4.69, 9.17) is 0 Å². The van der Waals surface area contributed by atoms with E-state index in [1.807, 2.05) is 14.1 Å². The van der Waals surface area contributed by atoms with Crippen LogP contribution in [0.1, 0.15) is 32.1 Å². The minimum absolute atomic E-state index is 0.00807. The third-order valence-corrected chi connectivity index (χ3v) is 7.93. The van der Waals surface area contributed by atoms with Gasteiger partial charge < -0.3 is 10.2 Å². The summed E-state index contributed by atoms with van der Waals surface area (Å²) in [7, 11) is 0.392. The summed E-state index contributed by atoms with van der Waals surface area (Å²) in [6, 6.07) is 4.79. The van der Waals surface area contributed by atoms with E-state index < -0.39 is 15.8 Å². The van der Waals surface area contributed by atoms with Crippen molar-refractivity contribution in [3.8, 4) is 0 Å². The molecule has 0 radical (unpaired) electrons. The maximum absolute atomic E-state index is 13.1. The molecule has 2 fully saturated rings. The minimum atomic E-state index is -3.70. The maximum atomic E-state index is 13.1. The molecule has 8 heteroatoms. The van der Waals surface area contributed by atoms with Crippen LogP contribution in [0.25, 0.3) is 0 Å². The fourth-order valence-electron chi connectivity index (χ4n) is 4.13. The molecule has 1 saturated heterocycles. The number of sulfonamides is 1. The molecule has 1 aliphatic carbocycles. The van der Waals surface area contributed by atoms with Gasteiger partial charge in [-0.3, -0.25) is 4.79 Å². The van der Waals surface area contributed by atoms with Gasteiger partial charge in [0.05, 0.1) is 10.8 Å². The summed E-state index contributed by atoms with van der Waals surface area (Å²) >= 11 is 0. The Morgan fingerprint density at radius 2 is 1.89 bits per heavy atom. The Morgan fingerprint density at radius 1 is 1.26 bits per heavy atom. The molecule has 6 nitrogen and oxygen atoms in total. The molecule has 1 saturated carbocycles. The number of nitrogens with zero attached hydrogens (tertiary/aromatic N) is 2. The predicted molar refractivity (Wildman–Crippen MR) is 101 cm³/mol. The zero-order chi connectivity index (χ0) is 19.7. The van der Waals surface area contributed by atoms with Gasteiger partial charge in [0.2, 0.25) is 15.9 Å². The molecule has 0 aromatic heterocycles. The summed E-state index contributed by atoms with van der Waals surface area (Å²) in [5.74, 6) is -0.907. The van der Waals surface area contributed by atoms with Gasteiger partial charge in [-0.1, -0.05) is 12.8 Å². The van der Waals surface area contributed by atoms with E-state index in [1.165, 1.54) is 29.3 Å². The fraction of sp³-hybridized carbons (Fsp3) is 0.632. The lowest BCUT2D eigenvalue weighted by molar-refractivity contribution is -0.125. The van der Waals surface area contributed by atoms with Crippen LogP contribution in [0.3, 0.4) is 0 Å². The fourth-order valence-corrected chi connectivity index (χ4v) is 5.63. The SMILES string of the molecule is CN(C)C1(CNC(=O)C2CCN(S(=O)(=O)c3ccc(F)cc3)C2)CCCC1. The zero-order valence-electron chi connectivity index (χ0n) is 15.9. The van der Waals surface area contributed by atoms with Gasteiger partial charge in [-0.25, -0.2) is 12.8 Å². The van der Waals surface area contributed by atoms with Crippen LogP contribution in [-0.4, -0.2) is 62.8 Å². The number of carbonyl (C=O) groups excluding carboxylic acids is 1. The molecule has 1 unspecified atom stereocenters. The second-order valence-electron chi connectivity index (χ2n) is 7.85. The van der Waals surface area contributed by atoms with E-state index in [0.717, 1.165) is 25.0 Å². The average Bonchev–Trinajstić information content (AvgIpc) is 3.31. The number of rotatable bonds is 6. The van der Waals surface area contributed by atoms with Crippen LogP contribution < -0.4 is 5.32 Å². The van der Waals surface area contributed by atoms with Crippen molar-refractivity contribution >= 4 is 15.9 Å². The van der Waals surface area contributed by atoms with Crippen LogP contribution in [-0.2, 0) is 14.8 Å². The number of likely N-dealkylation sites (N-methyl/N-ethyl adjacent to an activating group) is 1. The van der Waals surface area contributed by atoms with E-state index in [0.29, 0.717) is 19.5 Å². The van der Waals surface area contributed by atoms with Crippen molar-refractivity contribution in [3.05, 3.63) is 30.1 Å². The molecule has 0 spiro atoms. The van der Waals surface area contributed by atoms with Gasteiger partial charge in [-0.05, 0) is 57.6 Å². The van der Waals surface area contributed by atoms with Gasteiger partial charge in [-0.2, -0.15) is 4.31 Å². The average molecular weight is 398 g/mol. The normalized spacial score (nSPS) is 23.0. The van der Waals surface area contributed by atoms with Crippen molar-refractivity contribution < 1.29 is 17.6 Å². The third kappa shape index (κ3) is 4.17. The van der Waals surface area contributed by atoms with Crippen molar-refractivity contribution in [2.45, 2.75) is 42.5 Å². The molecule has 2 aliphatic rings. The summed E-state index contributed by atoms with van der Waals surface area (Å²) in [6.45, 7) is 1.07. The van der Waals surface area contributed by atoms with Crippen LogP contribution in [0.2, 0.25) is 0 Å². The van der Waals surface area contributed by atoms with E-state index in [9.17, 15) is 17.6 Å². The Bertz CT molecular complexity index is 774. The van der Waals surface area contributed by atoms with Gasteiger partial charge in [0.15, 0.2) is 0 Å². The Balaban J connectivity index is 1.60. The topological polar surface area (TPSA) is 69.7 Å². The monoisotopic (exact) mass is 397 g/mol. The Labute approximate surface area is 160 Å². The van der Waals surface area contributed by atoms with Crippen molar-refractivity contribution in [1.29, 1.82) is 0 Å². The number of benzene rings is 1. The number of hydrogen-bond acceptors (Lipinski definition) is 4. The van der Waals surface area contributed by atoms with Gasteiger partial charge in [0, 0.05) is 25.2 Å². The van der Waals surface area contributed by atoms with Crippen LogP contribution in [0.4, 0.5) is 4.39 Å². The number of nitrogens with one attached hydrogen (secondary N) is 1. The molecule has 1 aromatic rings. The maximum Gasteiger partial charge on any atom is 0.243 e. The van der Waals surface area contributed by atoms with Crippen LogP contribution >= 0.6 is 0 Å². The first kappa shape index (κ1) is 20.2. The van der Waals surface area contributed by atoms with Crippen molar-refractivity contribution in [2.75, 3.05) is 33.7 Å². The van der Waals surface area contributed by atoms with Crippen molar-refractivity contribution in [1.82, 2.24) is 14.5 Å². The number of carbonyl (C=O) groups is 1. The summed E-state index contributed by atoms with van der Waals surface area (Å²) in [6.07, 6.45) is 4.97. The quantitative estimate of drug-likeness (QED) is 0.795. The van der Waals surface area contributed by atoms with Crippen LogP contribution in [0.15, 0.2) is 29.2 Å². The van der Waals surface area contributed by atoms with Gasteiger partial charge in [0.1, 0.15) is 5.82 Å². The molecule has 27 heavy (non-hydrogen) atoms. The number of hydrogen-bond donors (Lipinski definition) is 1. The molecule has 0 bridgehead atoms. The smallest absolute Gasteiger partial charge is 0.243 e. The minimum Gasteiger partial charge on any atom is -0.354 e. The van der Waals surface area contributed by atoms with Crippen LogP contribution in [0, 0.1) is 11.7 Å². The molecule has 1 atom stereocenters. The molecule has 1 amide bonds. The van der Waals surface area contributed by atoms with E-state index in [-0.39, 0.29) is 28.8 Å². The van der Waals surface area contributed by atoms with E-state index in [2.05, 4.69) is 10.2 Å². The number of amides is 1. The summed E-state index contributed by atoms with van der Waals surface area (Å²) in [4.78, 5) is 14.9. The van der Waals surface area contributed by atoms with Crippen molar-refractivity contribution in [3.63, 3.8) is 0 Å². The molecular formula is C19H28FN3O3S. The van der Waals surface area contributed by atoms with Gasteiger partial charge in [-0.15, -0.1) is 0 Å². The zero-order valence-corrected chi connectivity index (χ0v) is 16.8. The summed E-state index contributed by atoms with van der Waals surface area (Å²) in [5.41, 5.74) is 0.00807. The van der Waals surface area contributed by atoms with Gasteiger partial charge >= 0.3 is 0 Å². The highest BCUT2D eigenvalue weighted by Crippen LogP contribution is 2.33. The third-order valence-electron chi connectivity index (χ3n) is 6.05. The highest BCUT2D eigenvalue weighted by molar-refractivity contribution is 7.89. The highest BCUT2D eigenvalue weighted by Gasteiger charge is 2.39. The van der Waals surface area contributed by atoms with Crippen LogP contribution in [0.5, 0.6) is 0 Å². The molecule has 3 rings (SSSR count). The van der Waals surface area contributed by atoms with Gasteiger partial charge in [0.25, 0.3) is 0 Å². The van der Waals surface area contributed by atoms with Crippen molar-refractivity contribution in [2.24, 2.45) is 5.92 Å². The summed E-state index contributed by atoms with van der Waals surface area (Å²) < 4.78 is 39.7. The lowest BCUT2D eigenvalue weighted by Crippen LogP contribution is -2.51. The largest absolute Gasteiger partial charge is 0.354 e. The first-order chi connectivity index (χ1) is 12.7. The molecule has 1 heterocycles. The standard InChI is InChI=1S/C19H28FN3O3S/c1-22(2)19(10-3-4-11-19)14-21-18(24)15-9-12-23(13-15)27(25,26)17-7-5-16(20)6-8-17/h5-8,15H,3-4,9-14H2,1-2H3,(H,21,24). The lowest BCUT2D eigenvalue weighted by atomic mass is 9.95. The predicted octanol–water partition coefficient (Wildman–Crippen LogP) is 1.83. The molecule has 150 valence electrons. The molecule has 1 aliphatic heterocycles. The molecular weight excluding hydrogens is 369 g/mol. The second kappa shape index (κ2) is 7.85. The summed E-state index contributed by atoms with van der Waals surface area (Å²) in [5, 5.41) is 3.06. The van der Waals surface area contributed by atoms with E-state index in [1.54, 1.807) is 0 Å². The first-order valence-corrected chi connectivity index (χ1v) is 10.9. The second-order valence-corrected chi connectivity index (χ2v) is 9.78. The lowest BCUT2D eigenvalue weighted by Gasteiger charge is -2.36. The highest BCUT2D eigenvalue weighted by atomic mass is 32.2. The molecule has 1 N–H and O–H groups in total. The Hall–Kier alpha value is -1.51. The molecule has 1 aromatic carbocycles. The number of halogens is 1. The Kier molecular flexibility index (Phi) is 5.88. The van der Waals surface area contributed by atoms with E-state index >= 15 is 0 Å². The first-order valence-electron chi connectivity index (χ1n) is 9.45. The Morgan fingerprint density at radius 3 is 2.48 bits per heavy atom.